The molecule has 1 aliphatic rings. The van der Waals surface area contributed by atoms with E-state index in [4.69, 9.17) is 0 Å². The van der Waals surface area contributed by atoms with Crippen molar-refractivity contribution in [3.05, 3.63) is 30.1 Å². The second kappa shape index (κ2) is 6.66. The summed E-state index contributed by atoms with van der Waals surface area (Å²) < 4.78 is 0. The Morgan fingerprint density at radius 3 is 2.79 bits per heavy atom. The third kappa shape index (κ3) is 4.63. The minimum atomic E-state index is -0.771. The number of carbonyl (C=O) groups excluding carboxylic acids is 1. The fourth-order valence-electron chi connectivity index (χ4n) is 2.62. The van der Waals surface area contributed by atoms with Crippen LogP contribution in [0.5, 0.6) is 0 Å². The molecule has 1 amide bonds. The zero-order valence-corrected chi connectivity index (χ0v) is 11.3. The van der Waals surface area contributed by atoms with E-state index >= 15 is 0 Å². The van der Waals surface area contributed by atoms with Gasteiger partial charge in [-0.1, -0.05) is 25.3 Å². The number of carbonyl (C=O) groups is 1. The molecule has 4 heteroatoms. The molecule has 1 aromatic heterocycles. The first-order chi connectivity index (χ1) is 9.18. The Morgan fingerprint density at radius 2 is 2.11 bits per heavy atom. The van der Waals surface area contributed by atoms with Crippen molar-refractivity contribution in [3.8, 4) is 0 Å². The summed E-state index contributed by atoms with van der Waals surface area (Å²) in [6.45, 7) is 0.575. The van der Waals surface area contributed by atoms with Crippen LogP contribution in [0.3, 0.4) is 0 Å². The van der Waals surface area contributed by atoms with E-state index in [2.05, 4.69) is 10.3 Å². The average Bonchev–Trinajstić information content (AvgIpc) is 2.40. The number of rotatable bonds is 5. The molecule has 0 saturated heterocycles. The number of amides is 1. The van der Waals surface area contributed by atoms with Crippen LogP contribution in [0.25, 0.3) is 0 Å². The van der Waals surface area contributed by atoms with Crippen LogP contribution in [0.4, 0.5) is 0 Å². The topological polar surface area (TPSA) is 62.2 Å². The van der Waals surface area contributed by atoms with Gasteiger partial charge in [0.05, 0.1) is 12.0 Å². The van der Waals surface area contributed by atoms with Crippen molar-refractivity contribution in [2.24, 2.45) is 0 Å². The van der Waals surface area contributed by atoms with Crippen molar-refractivity contribution in [2.45, 2.75) is 50.5 Å². The van der Waals surface area contributed by atoms with Gasteiger partial charge in [0, 0.05) is 24.9 Å². The summed E-state index contributed by atoms with van der Waals surface area (Å²) in [6, 6.07) is 5.76. The van der Waals surface area contributed by atoms with E-state index in [1.807, 2.05) is 18.2 Å². The Hall–Kier alpha value is -1.42. The van der Waals surface area contributed by atoms with Crippen molar-refractivity contribution < 1.29 is 9.90 Å². The minimum absolute atomic E-state index is 0.0552. The van der Waals surface area contributed by atoms with Gasteiger partial charge >= 0.3 is 0 Å². The number of hydrogen-bond donors (Lipinski definition) is 2. The van der Waals surface area contributed by atoms with Crippen molar-refractivity contribution in [1.29, 1.82) is 0 Å². The van der Waals surface area contributed by atoms with Crippen LogP contribution in [-0.2, 0) is 11.2 Å². The number of nitrogens with zero attached hydrogens (tertiary/aromatic N) is 1. The molecule has 0 aromatic carbocycles. The summed E-state index contributed by atoms with van der Waals surface area (Å²) >= 11 is 0. The van der Waals surface area contributed by atoms with Gasteiger partial charge in [0.2, 0.25) is 5.91 Å². The van der Waals surface area contributed by atoms with Crippen LogP contribution in [0.15, 0.2) is 24.4 Å². The van der Waals surface area contributed by atoms with Crippen molar-refractivity contribution in [1.82, 2.24) is 10.3 Å². The molecule has 0 aliphatic heterocycles. The van der Waals surface area contributed by atoms with E-state index in [1.54, 1.807) is 6.20 Å². The molecule has 1 fully saturated rings. The maximum atomic E-state index is 11.8. The zero-order valence-electron chi connectivity index (χ0n) is 11.3. The van der Waals surface area contributed by atoms with E-state index in [0.29, 0.717) is 6.54 Å². The summed E-state index contributed by atoms with van der Waals surface area (Å²) in [5.41, 5.74) is 0.201. The van der Waals surface area contributed by atoms with Gasteiger partial charge in [0.1, 0.15) is 0 Å². The monoisotopic (exact) mass is 262 g/mol. The Bertz CT molecular complexity index is 400. The Morgan fingerprint density at radius 1 is 1.32 bits per heavy atom. The highest BCUT2D eigenvalue weighted by Crippen LogP contribution is 2.30. The summed E-state index contributed by atoms with van der Waals surface area (Å²) in [7, 11) is 0. The number of pyridine rings is 1. The lowest BCUT2D eigenvalue weighted by atomic mass is 9.82. The first-order valence-electron chi connectivity index (χ1n) is 7.07. The van der Waals surface area contributed by atoms with Crippen molar-refractivity contribution in [3.63, 3.8) is 0 Å². The largest absolute Gasteiger partial charge is 0.389 e. The summed E-state index contributed by atoms with van der Waals surface area (Å²) in [6.07, 6.45) is 7.43. The second-order valence-corrected chi connectivity index (χ2v) is 5.38. The zero-order chi connectivity index (χ0) is 13.6. The molecule has 19 heavy (non-hydrogen) atoms. The van der Waals surface area contributed by atoms with Crippen LogP contribution in [0.2, 0.25) is 0 Å². The SMILES string of the molecule is O=C(CC1(O)CCCCC1)NCCc1ccccn1. The fourth-order valence-corrected chi connectivity index (χ4v) is 2.62. The third-order valence-corrected chi connectivity index (χ3v) is 3.70. The molecule has 1 aliphatic carbocycles. The van der Waals surface area contributed by atoms with Crippen molar-refractivity contribution in [2.75, 3.05) is 6.54 Å². The molecular formula is C15H22N2O2. The number of aliphatic hydroxyl groups is 1. The van der Waals surface area contributed by atoms with E-state index in [0.717, 1.165) is 37.8 Å². The van der Waals surface area contributed by atoms with Gasteiger partial charge in [-0.3, -0.25) is 9.78 Å². The van der Waals surface area contributed by atoms with Gasteiger partial charge in [-0.05, 0) is 25.0 Å². The summed E-state index contributed by atoms with van der Waals surface area (Å²) in [5.74, 6) is -0.0552. The predicted octanol–water partition coefficient (Wildman–Crippen LogP) is 1.83. The van der Waals surface area contributed by atoms with Crippen LogP contribution in [0, 0.1) is 0 Å². The molecular weight excluding hydrogens is 240 g/mol. The molecule has 1 aromatic rings. The van der Waals surface area contributed by atoms with Crippen LogP contribution in [-0.4, -0.2) is 28.1 Å². The van der Waals surface area contributed by atoms with E-state index < -0.39 is 5.60 Å². The van der Waals surface area contributed by atoms with Gasteiger partial charge in [-0.15, -0.1) is 0 Å². The standard InChI is InChI=1S/C15H22N2O2/c18-14(12-15(19)8-3-1-4-9-15)17-11-7-13-6-2-5-10-16-13/h2,5-6,10,19H,1,3-4,7-9,11-12H2,(H,17,18). The molecule has 0 atom stereocenters. The smallest absolute Gasteiger partial charge is 0.222 e. The molecule has 2 N–H and O–H groups in total. The summed E-state index contributed by atoms with van der Waals surface area (Å²) in [4.78, 5) is 16.0. The third-order valence-electron chi connectivity index (χ3n) is 3.70. The molecule has 1 heterocycles. The van der Waals surface area contributed by atoms with Crippen LogP contribution < -0.4 is 5.32 Å². The maximum Gasteiger partial charge on any atom is 0.222 e. The fraction of sp³-hybridized carbons (Fsp3) is 0.600. The van der Waals surface area contributed by atoms with Gasteiger partial charge in [0.15, 0.2) is 0 Å². The van der Waals surface area contributed by atoms with E-state index in [9.17, 15) is 9.90 Å². The molecule has 1 saturated carbocycles. The molecule has 104 valence electrons. The Balaban J connectivity index is 1.70. The first kappa shape index (κ1) is 14.0. The highest BCUT2D eigenvalue weighted by molar-refractivity contribution is 5.77. The van der Waals surface area contributed by atoms with Gasteiger partial charge < -0.3 is 10.4 Å². The number of nitrogens with one attached hydrogen (secondary N) is 1. The van der Waals surface area contributed by atoms with E-state index in [-0.39, 0.29) is 12.3 Å². The van der Waals surface area contributed by atoms with Crippen LogP contribution in [0.1, 0.15) is 44.2 Å². The number of hydrogen-bond acceptors (Lipinski definition) is 3. The maximum absolute atomic E-state index is 11.8. The normalized spacial score (nSPS) is 17.9. The lowest BCUT2D eigenvalue weighted by Crippen LogP contribution is -2.38. The van der Waals surface area contributed by atoms with Gasteiger partial charge in [0.25, 0.3) is 0 Å². The molecule has 4 nitrogen and oxygen atoms in total. The summed E-state index contributed by atoms with van der Waals surface area (Å²) in [5, 5.41) is 13.1. The van der Waals surface area contributed by atoms with Crippen LogP contribution >= 0.6 is 0 Å². The highest BCUT2D eigenvalue weighted by Gasteiger charge is 2.31. The molecule has 0 spiro atoms. The van der Waals surface area contributed by atoms with E-state index in [1.165, 1.54) is 6.42 Å². The Labute approximate surface area is 114 Å². The molecule has 0 unspecified atom stereocenters. The van der Waals surface area contributed by atoms with Gasteiger partial charge in [-0.25, -0.2) is 0 Å². The molecule has 2 rings (SSSR count). The van der Waals surface area contributed by atoms with Crippen molar-refractivity contribution >= 4 is 5.91 Å². The first-order valence-corrected chi connectivity index (χ1v) is 7.07. The lowest BCUT2D eigenvalue weighted by Gasteiger charge is -2.31. The minimum Gasteiger partial charge on any atom is -0.389 e. The Kier molecular flexibility index (Phi) is 4.91. The van der Waals surface area contributed by atoms with Gasteiger partial charge in [-0.2, -0.15) is 0 Å². The second-order valence-electron chi connectivity index (χ2n) is 5.38. The molecule has 0 radical (unpaired) electrons. The predicted molar refractivity (Wildman–Crippen MR) is 73.6 cm³/mol. The average molecular weight is 262 g/mol. The number of aromatic nitrogens is 1. The molecule has 0 bridgehead atoms. The highest BCUT2D eigenvalue weighted by atomic mass is 16.3. The quantitative estimate of drug-likeness (QED) is 0.851. The lowest BCUT2D eigenvalue weighted by molar-refractivity contribution is -0.127.